The summed E-state index contributed by atoms with van der Waals surface area (Å²) in [4.78, 5) is 41.5. The Morgan fingerprint density at radius 1 is 1.03 bits per heavy atom. The third-order valence-corrected chi connectivity index (χ3v) is 6.04. The van der Waals surface area contributed by atoms with E-state index in [-0.39, 0.29) is 23.9 Å². The normalized spacial score (nSPS) is 20.6. The van der Waals surface area contributed by atoms with Crippen molar-refractivity contribution in [3.63, 3.8) is 0 Å². The minimum absolute atomic E-state index is 0.000782. The van der Waals surface area contributed by atoms with Gasteiger partial charge in [-0.3, -0.25) is 19.4 Å². The molecule has 2 aliphatic heterocycles. The highest BCUT2D eigenvalue weighted by atomic mass is 16.2. The summed E-state index contributed by atoms with van der Waals surface area (Å²) in [5.41, 5.74) is 1.35. The van der Waals surface area contributed by atoms with Gasteiger partial charge in [0.1, 0.15) is 0 Å². The van der Waals surface area contributed by atoms with Crippen LogP contribution in [-0.2, 0) is 0 Å². The summed E-state index contributed by atoms with van der Waals surface area (Å²) < 4.78 is 0. The summed E-state index contributed by atoms with van der Waals surface area (Å²) in [5.74, 6) is -0.441. The molecule has 156 valence electrons. The highest BCUT2D eigenvalue weighted by Crippen LogP contribution is 2.32. The molecule has 1 aromatic carbocycles. The van der Waals surface area contributed by atoms with Crippen LogP contribution < -0.4 is 16.0 Å². The number of hydrogen-bond donors (Lipinski definition) is 3. The van der Waals surface area contributed by atoms with Crippen molar-refractivity contribution in [1.29, 1.82) is 0 Å². The van der Waals surface area contributed by atoms with Gasteiger partial charge in [-0.15, -0.1) is 0 Å². The predicted molar refractivity (Wildman–Crippen MR) is 110 cm³/mol. The molecule has 3 aliphatic rings. The molecule has 4 amide bonds. The molecule has 8 nitrogen and oxygen atoms in total. The summed E-state index contributed by atoms with van der Waals surface area (Å²) in [7, 11) is 0. The van der Waals surface area contributed by atoms with E-state index in [1.54, 1.807) is 18.2 Å². The SMILES string of the molecule is O=C(NCCN1CCNCC1)Nc1ccc2c(c1)C(=O)N(C1CCCCC1)C2=O. The first-order valence-electron chi connectivity index (χ1n) is 10.6. The summed E-state index contributed by atoms with van der Waals surface area (Å²) >= 11 is 0. The Morgan fingerprint density at radius 2 is 1.76 bits per heavy atom. The average Bonchev–Trinajstić information content (AvgIpc) is 2.99. The summed E-state index contributed by atoms with van der Waals surface area (Å²) in [5, 5.41) is 8.93. The number of carbonyl (C=O) groups is 3. The molecular weight excluding hydrogens is 370 g/mol. The minimum Gasteiger partial charge on any atom is -0.337 e. The summed E-state index contributed by atoms with van der Waals surface area (Å²) in [6.45, 7) is 5.30. The van der Waals surface area contributed by atoms with Crippen LogP contribution in [0.2, 0.25) is 0 Å². The highest BCUT2D eigenvalue weighted by Gasteiger charge is 2.40. The van der Waals surface area contributed by atoms with Crippen LogP contribution in [0.3, 0.4) is 0 Å². The van der Waals surface area contributed by atoms with E-state index in [4.69, 9.17) is 0 Å². The van der Waals surface area contributed by atoms with Gasteiger partial charge in [0, 0.05) is 51.0 Å². The van der Waals surface area contributed by atoms with E-state index in [2.05, 4.69) is 20.9 Å². The molecule has 3 N–H and O–H groups in total. The summed E-state index contributed by atoms with van der Waals surface area (Å²) in [6, 6.07) is 4.65. The van der Waals surface area contributed by atoms with Gasteiger partial charge in [-0.2, -0.15) is 0 Å². The lowest BCUT2D eigenvalue weighted by molar-refractivity contribution is 0.0549. The monoisotopic (exact) mass is 399 g/mol. The fraction of sp³-hybridized carbons (Fsp3) is 0.571. The van der Waals surface area contributed by atoms with Crippen LogP contribution in [-0.4, -0.2) is 73.0 Å². The van der Waals surface area contributed by atoms with Crippen molar-refractivity contribution in [2.24, 2.45) is 0 Å². The standard InChI is InChI=1S/C21H29N5O3/c27-19-17-7-6-15(24-21(29)23-10-13-25-11-8-22-9-12-25)14-18(17)20(28)26(19)16-4-2-1-3-5-16/h6-7,14,16,22H,1-5,8-13H2,(H2,23,24,29). The number of carbonyl (C=O) groups excluding carboxylic acids is 3. The van der Waals surface area contributed by atoms with Gasteiger partial charge >= 0.3 is 6.03 Å². The zero-order valence-corrected chi connectivity index (χ0v) is 16.7. The number of hydrogen-bond acceptors (Lipinski definition) is 5. The molecule has 1 aromatic rings. The highest BCUT2D eigenvalue weighted by molar-refractivity contribution is 6.22. The van der Waals surface area contributed by atoms with E-state index >= 15 is 0 Å². The number of nitrogens with zero attached hydrogens (tertiary/aromatic N) is 2. The van der Waals surface area contributed by atoms with Gasteiger partial charge in [0.15, 0.2) is 0 Å². The molecule has 29 heavy (non-hydrogen) atoms. The topological polar surface area (TPSA) is 93.8 Å². The number of benzene rings is 1. The van der Waals surface area contributed by atoms with Crippen LogP contribution >= 0.6 is 0 Å². The Labute approximate surface area is 171 Å². The summed E-state index contributed by atoms with van der Waals surface area (Å²) in [6.07, 6.45) is 5.04. The number of amides is 4. The Balaban J connectivity index is 1.34. The predicted octanol–water partition coefficient (Wildman–Crippen LogP) is 1.64. The smallest absolute Gasteiger partial charge is 0.319 e. The lowest BCUT2D eigenvalue weighted by Crippen LogP contribution is -2.46. The first-order valence-corrected chi connectivity index (χ1v) is 10.6. The van der Waals surface area contributed by atoms with E-state index in [9.17, 15) is 14.4 Å². The zero-order valence-electron chi connectivity index (χ0n) is 16.7. The van der Waals surface area contributed by atoms with Gasteiger partial charge in [-0.1, -0.05) is 19.3 Å². The van der Waals surface area contributed by atoms with Gasteiger partial charge < -0.3 is 16.0 Å². The van der Waals surface area contributed by atoms with E-state index < -0.39 is 0 Å². The second-order valence-electron chi connectivity index (χ2n) is 8.01. The molecule has 0 radical (unpaired) electrons. The van der Waals surface area contributed by atoms with Crippen molar-refractivity contribution in [3.8, 4) is 0 Å². The maximum Gasteiger partial charge on any atom is 0.319 e. The minimum atomic E-state index is -0.305. The lowest BCUT2D eigenvalue weighted by Gasteiger charge is -2.29. The Morgan fingerprint density at radius 3 is 2.52 bits per heavy atom. The molecular formula is C21H29N5O3. The number of urea groups is 1. The first kappa shape index (κ1) is 19.8. The van der Waals surface area contributed by atoms with Crippen molar-refractivity contribution in [1.82, 2.24) is 20.4 Å². The Kier molecular flexibility index (Phi) is 6.10. The van der Waals surface area contributed by atoms with Crippen molar-refractivity contribution in [3.05, 3.63) is 29.3 Å². The molecule has 4 rings (SSSR count). The van der Waals surface area contributed by atoms with E-state index in [1.165, 1.54) is 4.90 Å². The van der Waals surface area contributed by atoms with Crippen molar-refractivity contribution in [2.45, 2.75) is 38.1 Å². The van der Waals surface area contributed by atoms with Gasteiger partial charge in [-0.05, 0) is 31.0 Å². The second-order valence-corrected chi connectivity index (χ2v) is 8.01. The third-order valence-electron chi connectivity index (χ3n) is 6.04. The lowest BCUT2D eigenvalue weighted by atomic mass is 9.94. The van der Waals surface area contributed by atoms with Gasteiger partial charge in [-0.25, -0.2) is 4.79 Å². The van der Waals surface area contributed by atoms with Gasteiger partial charge in [0.25, 0.3) is 11.8 Å². The molecule has 2 heterocycles. The van der Waals surface area contributed by atoms with Crippen LogP contribution in [0, 0.1) is 0 Å². The first-order chi connectivity index (χ1) is 14.1. The van der Waals surface area contributed by atoms with Crippen LogP contribution in [0.15, 0.2) is 18.2 Å². The van der Waals surface area contributed by atoms with Gasteiger partial charge in [0.2, 0.25) is 0 Å². The fourth-order valence-corrected chi connectivity index (χ4v) is 4.45. The van der Waals surface area contributed by atoms with E-state index in [1.807, 2.05) is 0 Å². The molecule has 0 unspecified atom stereocenters. The Bertz CT molecular complexity index is 785. The molecule has 8 heteroatoms. The molecule has 1 saturated heterocycles. The van der Waals surface area contributed by atoms with Crippen LogP contribution in [0.25, 0.3) is 0 Å². The van der Waals surface area contributed by atoms with Crippen LogP contribution in [0.5, 0.6) is 0 Å². The number of imide groups is 1. The third kappa shape index (κ3) is 4.43. The number of rotatable bonds is 5. The maximum atomic E-state index is 12.9. The molecule has 0 spiro atoms. The van der Waals surface area contributed by atoms with Crippen molar-refractivity contribution < 1.29 is 14.4 Å². The molecule has 0 aromatic heterocycles. The quantitative estimate of drug-likeness (QED) is 0.655. The largest absolute Gasteiger partial charge is 0.337 e. The van der Waals surface area contributed by atoms with Gasteiger partial charge in [0.05, 0.1) is 11.1 Å². The molecule has 1 aliphatic carbocycles. The fourth-order valence-electron chi connectivity index (χ4n) is 4.45. The molecule has 0 atom stereocenters. The van der Waals surface area contributed by atoms with Crippen molar-refractivity contribution >= 4 is 23.5 Å². The van der Waals surface area contributed by atoms with E-state index in [0.29, 0.717) is 23.4 Å². The second kappa shape index (κ2) is 8.92. The maximum absolute atomic E-state index is 12.9. The number of anilines is 1. The van der Waals surface area contributed by atoms with Crippen LogP contribution in [0.4, 0.5) is 10.5 Å². The number of fused-ring (bicyclic) bond motifs is 1. The Hall–Kier alpha value is -2.45. The zero-order chi connectivity index (χ0) is 20.2. The molecule has 0 bridgehead atoms. The number of piperazine rings is 1. The van der Waals surface area contributed by atoms with Crippen molar-refractivity contribution in [2.75, 3.05) is 44.6 Å². The molecule has 1 saturated carbocycles. The van der Waals surface area contributed by atoms with E-state index in [0.717, 1.165) is 64.8 Å². The number of nitrogens with one attached hydrogen (secondary N) is 3. The van der Waals surface area contributed by atoms with Crippen LogP contribution in [0.1, 0.15) is 52.8 Å². The average molecular weight is 399 g/mol. The molecule has 2 fully saturated rings.